The number of guanidine groups is 1. The molecule has 0 aromatic heterocycles. The Labute approximate surface area is 157 Å². The molecular formula is C17H31IN4O. The first kappa shape index (κ1) is 22.0. The van der Waals surface area contributed by atoms with E-state index in [4.69, 9.17) is 4.74 Å². The number of methoxy groups -OCH3 is 1. The van der Waals surface area contributed by atoms with Crippen LogP contribution in [0.4, 0.5) is 5.69 Å². The molecule has 0 saturated heterocycles. The number of nitrogens with zero attached hydrogens (tertiary/aromatic N) is 2. The topological polar surface area (TPSA) is 48.9 Å². The van der Waals surface area contributed by atoms with Gasteiger partial charge in [0.05, 0.1) is 5.60 Å². The van der Waals surface area contributed by atoms with Crippen LogP contribution in [0, 0.1) is 6.92 Å². The molecule has 0 aliphatic heterocycles. The fraction of sp³-hybridized carbons (Fsp3) is 0.588. The maximum Gasteiger partial charge on any atom is 0.191 e. The molecule has 0 atom stereocenters. The molecule has 0 saturated carbocycles. The van der Waals surface area contributed by atoms with Gasteiger partial charge in [0.25, 0.3) is 0 Å². The first-order chi connectivity index (χ1) is 10.3. The molecular weight excluding hydrogens is 403 g/mol. The summed E-state index contributed by atoms with van der Waals surface area (Å²) in [6.07, 6.45) is 0. The van der Waals surface area contributed by atoms with Gasteiger partial charge in [0.2, 0.25) is 0 Å². The lowest BCUT2D eigenvalue weighted by molar-refractivity contribution is 0.0268. The Morgan fingerprint density at radius 2 is 1.91 bits per heavy atom. The highest BCUT2D eigenvalue weighted by Crippen LogP contribution is 2.20. The van der Waals surface area contributed by atoms with Crippen LogP contribution in [0.5, 0.6) is 0 Å². The third kappa shape index (κ3) is 7.39. The van der Waals surface area contributed by atoms with Gasteiger partial charge in [-0.3, -0.25) is 4.99 Å². The molecule has 6 heteroatoms. The van der Waals surface area contributed by atoms with Gasteiger partial charge in [-0.2, -0.15) is 0 Å². The first-order valence-electron chi connectivity index (χ1n) is 7.55. The van der Waals surface area contributed by atoms with E-state index < -0.39 is 0 Å². The Bertz CT molecular complexity index is 515. The summed E-state index contributed by atoms with van der Waals surface area (Å²) in [6, 6.07) is 6.49. The Morgan fingerprint density at radius 3 is 2.43 bits per heavy atom. The SMILES string of the molecule is CN=C(NCc1ccc(C)cc1N(C)C)NCC(C)(C)OC.I. The van der Waals surface area contributed by atoms with Gasteiger partial charge < -0.3 is 20.3 Å². The summed E-state index contributed by atoms with van der Waals surface area (Å²) >= 11 is 0. The van der Waals surface area contributed by atoms with Crippen molar-refractivity contribution in [2.45, 2.75) is 32.9 Å². The van der Waals surface area contributed by atoms with E-state index >= 15 is 0 Å². The van der Waals surface area contributed by atoms with E-state index in [0.29, 0.717) is 6.54 Å². The summed E-state index contributed by atoms with van der Waals surface area (Å²) < 4.78 is 5.41. The molecule has 23 heavy (non-hydrogen) atoms. The molecule has 0 fully saturated rings. The lowest BCUT2D eigenvalue weighted by atomic mass is 10.1. The number of ether oxygens (including phenoxy) is 1. The van der Waals surface area contributed by atoms with Gasteiger partial charge in [-0.25, -0.2) is 0 Å². The van der Waals surface area contributed by atoms with Gasteiger partial charge in [-0.1, -0.05) is 12.1 Å². The van der Waals surface area contributed by atoms with E-state index in [2.05, 4.69) is 59.7 Å². The van der Waals surface area contributed by atoms with Crippen molar-refractivity contribution in [3.05, 3.63) is 29.3 Å². The molecule has 0 spiro atoms. The average Bonchev–Trinajstić information content (AvgIpc) is 2.48. The highest BCUT2D eigenvalue weighted by atomic mass is 127. The van der Waals surface area contributed by atoms with Crippen LogP contribution in [0.3, 0.4) is 0 Å². The molecule has 1 aromatic carbocycles. The second-order valence-electron chi connectivity index (χ2n) is 6.27. The summed E-state index contributed by atoms with van der Waals surface area (Å²) in [5.41, 5.74) is 3.50. The van der Waals surface area contributed by atoms with E-state index in [0.717, 1.165) is 12.5 Å². The second-order valence-corrected chi connectivity index (χ2v) is 6.27. The maximum absolute atomic E-state index is 5.41. The molecule has 1 aromatic rings. The highest BCUT2D eigenvalue weighted by Gasteiger charge is 2.16. The molecule has 0 aliphatic rings. The van der Waals surface area contributed by atoms with Gasteiger partial charge in [-0.05, 0) is 38.0 Å². The van der Waals surface area contributed by atoms with E-state index in [-0.39, 0.29) is 29.6 Å². The number of rotatable bonds is 6. The molecule has 0 radical (unpaired) electrons. The summed E-state index contributed by atoms with van der Waals surface area (Å²) in [5, 5.41) is 6.65. The Kier molecular flexibility index (Phi) is 9.53. The van der Waals surface area contributed by atoms with E-state index in [1.54, 1.807) is 14.2 Å². The van der Waals surface area contributed by atoms with Gasteiger partial charge >= 0.3 is 0 Å². The Morgan fingerprint density at radius 1 is 1.26 bits per heavy atom. The smallest absolute Gasteiger partial charge is 0.191 e. The number of hydrogen-bond acceptors (Lipinski definition) is 3. The number of aryl methyl sites for hydroxylation is 1. The van der Waals surface area contributed by atoms with Crippen LogP contribution in [0.2, 0.25) is 0 Å². The number of halogens is 1. The lowest BCUT2D eigenvalue weighted by Crippen LogP contribution is -2.45. The predicted molar refractivity (Wildman–Crippen MR) is 110 cm³/mol. The fourth-order valence-corrected chi connectivity index (χ4v) is 2.01. The van der Waals surface area contributed by atoms with E-state index in [9.17, 15) is 0 Å². The van der Waals surface area contributed by atoms with Gasteiger partial charge in [0.15, 0.2) is 5.96 Å². The molecule has 0 aliphatic carbocycles. The average molecular weight is 434 g/mol. The third-order valence-electron chi connectivity index (χ3n) is 3.63. The Hall–Kier alpha value is -1.02. The molecule has 2 N–H and O–H groups in total. The molecule has 1 rings (SSSR count). The van der Waals surface area contributed by atoms with Crippen LogP contribution in [-0.4, -0.2) is 46.4 Å². The molecule has 132 valence electrons. The minimum Gasteiger partial charge on any atom is -0.377 e. The van der Waals surface area contributed by atoms with Crippen molar-refractivity contribution >= 4 is 35.6 Å². The zero-order valence-corrected chi connectivity index (χ0v) is 17.7. The third-order valence-corrected chi connectivity index (χ3v) is 3.63. The number of nitrogens with one attached hydrogen (secondary N) is 2. The number of anilines is 1. The number of aliphatic imine (C=N–C) groups is 1. The van der Waals surface area contributed by atoms with Crippen LogP contribution in [-0.2, 0) is 11.3 Å². The number of benzene rings is 1. The normalized spacial score (nSPS) is 11.7. The highest BCUT2D eigenvalue weighted by molar-refractivity contribution is 14.0. The summed E-state index contributed by atoms with van der Waals surface area (Å²) in [4.78, 5) is 6.39. The predicted octanol–water partition coefficient (Wildman–Crippen LogP) is 2.77. The minimum atomic E-state index is -0.226. The maximum atomic E-state index is 5.41. The van der Waals surface area contributed by atoms with E-state index in [1.165, 1.54) is 16.8 Å². The van der Waals surface area contributed by atoms with Gasteiger partial charge in [0.1, 0.15) is 0 Å². The first-order valence-corrected chi connectivity index (χ1v) is 7.55. The van der Waals surface area contributed by atoms with E-state index in [1.807, 2.05) is 13.8 Å². The quantitative estimate of drug-likeness (QED) is 0.411. The van der Waals surface area contributed by atoms with Crippen LogP contribution < -0.4 is 15.5 Å². The summed E-state index contributed by atoms with van der Waals surface area (Å²) in [6.45, 7) is 7.60. The molecule has 5 nitrogen and oxygen atoms in total. The zero-order chi connectivity index (χ0) is 16.8. The van der Waals surface area contributed by atoms with Crippen LogP contribution >= 0.6 is 24.0 Å². The van der Waals surface area contributed by atoms with Crippen molar-refractivity contribution in [1.82, 2.24) is 10.6 Å². The monoisotopic (exact) mass is 434 g/mol. The summed E-state index contributed by atoms with van der Waals surface area (Å²) in [5.74, 6) is 0.774. The van der Waals surface area contributed by atoms with Gasteiger partial charge in [-0.15, -0.1) is 24.0 Å². The largest absolute Gasteiger partial charge is 0.377 e. The van der Waals surface area contributed by atoms with Crippen molar-refractivity contribution in [3.8, 4) is 0 Å². The number of hydrogen-bond donors (Lipinski definition) is 2. The fourth-order valence-electron chi connectivity index (χ4n) is 2.01. The van der Waals surface area contributed by atoms with Gasteiger partial charge in [0, 0.05) is 47.0 Å². The zero-order valence-electron chi connectivity index (χ0n) is 15.4. The van der Waals surface area contributed by atoms with Crippen molar-refractivity contribution in [3.63, 3.8) is 0 Å². The van der Waals surface area contributed by atoms with Crippen molar-refractivity contribution < 1.29 is 4.74 Å². The second kappa shape index (κ2) is 9.97. The molecule has 0 heterocycles. The van der Waals surface area contributed by atoms with Crippen molar-refractivity contribution in [1.29, 1.82) is 0 Å². The van der Waals surface area contributed by atoms with Crippen molar-refractivity contribution in [2.24, 2.45) is 4.99 Å². The van der Waals surface area contributed by atoms with Crippen molar-refractivity contribution in [2.75, 3.05) is 39.7 Å². The lowest BCUT2D eigenvalue weighted by Gasteiger charge is -2.25. The summed E-state index contributed by atoms with van der Waals surface area (Å²) in [7, 11) is 7.61. The standard InChI is InChI=1S/C17H30N4O.HI/c1-13-8-9-14(15(10-13)21(5)6)11-19-16(18-4)20-12-17(2,3)22-7;/h8-10H,11-12H2,1-7H3,(H2,18,19,20);1H. The van der Waals surface area contributed by atoms with Crippen LogP contribution in [0.25, 0.3) is 0 Å². The Balaban J connectivity index is 0.00000484. The molecule has 0 amide bonds. The molecule has 0 unspecified atom stereocenters. The minimum absolute atomic E-state index is 0. The van der Waals surface area contributed by atoms with Crippen LogP contribution in [0.1, 0.15) is 25.0 Å². The molecule has 0 bridgehead atoms. The van der Waals surface area contributed by atoms with Crippen LogP contribution in [0.15, 0.2) is 23.2 Å².